The summed E-state index contributed by atoms with van der Waals surface area (Å²) < 4.78 is 11.1. The van der Waals surface area contributed by atoms with Crippen LogP contribution in [0.2, 0.25) is 0 Å². The highest BCUT2D eigenvalue weighted by molar-refractivity contribution is 5.80. The summed E-state index contributed by atoms with van der Waals surface area (Å²) in [6.07, 6.45) is 59.1. The number of hydrogen-bond acceptors (Lipinski definition) is 10. The van der Waals surface area contributed by atoms with Gasteiger partial charge < -0.3 is 50.5 Å². The van der Waals surface area contributed by atoms with Crippen LogP contribution >= 0.6 is 0 Å². The average Bonchev–Trinajstić information content (AvgIpc) is 3.43. The molecule has 9 unspecified atom stereocenters. The topological polar surface area (TPSA) is 189 Å². The van der Waals surface area contributed by atoms with Gasteiger partial charge in [-0.25, -0.2) is 0 Å². The van der Waals surface area contributed by atoms with Gasteiger partial charge in [0.05, 0.1) is 25.4 Å². The van der Waals surface area contributed by atoms with E-state index in [1.54, 1.807) is 0 Å². The molecular formula is C66H123NO10. The van der Waals surface area contributed by atoms with Crippen LogP contribution in [0.1, 0.15) is 296 Å². The molecule has 9 atom stereocenters. The van der Waals surface area contributed by atoms with E-state index >= 15 is 0 Å². The van der Waals surface area contributed by atoms with Crippen molar-refractivity contribution in [1.29, 1.82) is 0 Å². The van der Waals surface area contributed by atoms with E-state index in [4.69, 9.17) is 9.47 Å². The molecule has 1 aliphatic rings. The average molecular weight is 1090 g/mol. The van der Waals surface area contributed by atoms with Crippen LogP contribution in [0.4, 0.5) is 0 Å². The molecule has 1 aliphatic heterocycles. The Balaban J connectivity index is 2.25. The summed E-state index contributed by atoms with van der Waals surface area (Å²) in [7, 11) is 0. The molecule has 77 heavy (non-hydrogen) atoms. The molecule has 8 N–H and O–H groups in total. The van der Waals surface area contributed by atoms with Crippen molar-refractivity contribution in [2.75, 3.05) is 13.2 Å². The van der Waals surface area contributed by atoms with Crippen LogP contribution in [0, 0.1) is 0 Å². The normalized spacial score (nSPS) is 19.8. The van der Waals surface area contributed by atoms with Crippen molar-refractivity contribution in [3.63, 3.8) is 0 Å². The fourth-order valence-electron chi connectivity index (χ4n) is 10.3. The molecule has 0 aromatic heterocycles. The van der Waals surface area contributed by atoms with Crippen LogP contribution in [0.25, 0.3) is 0 Å². The lowest BCUT2D eigenvalue weighted by Crippen LogP contribution is -2.60. The summed E-state index contributed by atoms with van der Waals surface area (Å²) >= 11 is 0. The maximum Gasteiger partial charge on any atom is 0.249 e. The van der Waals surface area contributed by atoms with E-state index in [0.29, 0.717) is 19.3 Å². The van der Waals surface area contributed by atoms with Gasteiger partial charge in [0.15, 0.2) is 6.29 Å². The maximum absolute atomic E-state index is 13.2. The highest BCUT2D eigenvalue weighted by Crippen LogP contribution is 2.23. The molecule has 0 aromatic carbocycles. The van der Waals surface area contributed by atoms with Gasteiger partial charge in [0, 0.05) is 0 Å². The Kier molecular flexibility index (Phi) is 51.9. The molecule has 1 fully saturated rings. The molecule has 1 amide bonds. The number of allylic oxidation sites excluding steroid dienone is 8. The van der Waals surface area contributed by atoms with E-state index in [9.17, 15) is 40.5 Å². The molecule has 0 bridgehead atoms. The number of rotatable bonds is 56. The smallest absolute Gasteiger partial charge is 0.249 e. The van der Waals surface area contributed by atoms with Crippen LogP contribution < -0.4 is 5.32 Å². The maximum atomic E-state index is 13.2. The summed E-state index contributed by atoms with van der Waals surface area (Å²) in [4.78, 5) is 13.2. The van der Waals surface area contributed by atoms with Crippen LogP contribution in [-0.4, -0.2) is 110 Å². The largest absolute Gasteiger partial charge is 0.394 e. The lowest BCUT2D eigenvalue weighted by Gasteiger charge is -2.40. The lowest BCUT2D eigenvalue weighted by molar-refractivity contribution is -0.303. The summed E-state index contributed by atoms with van der Waals surface area (Å²) in [5.74, 6) is -0.713. The predicted molar refractivity (Wildman–Crippen MR) is 321 cm³/mol. The Morgan fingerprint density at radius 2 is 0.818 bits per heavy atom. The minimum atomic E-state index is -1.67. The number of hydrogen-bond donors (Lipinski definition) is 8. The number of carbonyl (C=O) groups excluding carboxylic acids is 1. The molecule has 0 spiro atoms. The predicted octanol–water partition coefficient (Wildman–Crippen LogP) is 14.8. The third kappa shape index (κ3) is 42.6. The van der Waals surface area contributed by atoms with Gasteiger partial charge in [-0.3, -0.25) is 4.79 Å². The molecule has 1 saturated heterocycles. The van der Waals surface area contributed by atoms with Gasteiger partial charge in [-0.1, -0.05) is 268 Å². The number of amides is 1. The van der Waals surface area contributed by atoms with Crippen molar-refractivity contribution in [3.05, 3.63) is 48.6 Å². The third-order valence-electron chi connectivity index (χ3n) is 15.6. The zero-order valence-electron chi connectivity index (χ0n) is 49.7. The monoisotopic (exact) mass is 1090 g/mol. The van der Waals surface area contributed by atoms with Crippen LogP contribution in [-0.2, 0) is 14.3 Å². The van der Waals surface area contributed by atoms with Crippen molar-refractivity contribution in [2.24, 2.45) is 0 Å². The molecule has 0 radical (unpaired) electrons. The number of unbranched alkanes of at least 4 members (excludes halogenated alkanes) is 37. The van der Waals surface area contributed by atoms with Gasteiger partial charge in [0.2, 0.25) is 5.91 Å². The van der Waals surface area contributed by atoms with Crippen LogP contribution in [0.15, 0.2) is 48.6 Å². The summed E-state index contributed by atoms with van der Waals surface area (Å²) in [5.41, 5.74) is 0. The molecule has 0 aliphatic carbocycles. The van der Waals surface area contributed by atoms with E-state index in [1.165, 1.54) is 199 Å². The van der Waals surface area contributed by atoms with Crippen molar-refractivity contribution in [1.82, 2.24) is 5.32 Å². The first-order valence-electron chi connectivity index (χ1n) is 32.6. The summed E-state index contributed by atoms with van der Waals surface area (Å²) in [6, 6.07) is -1.20. The second-order valence-electron chi connectivity index (χ2n) is 22.8. The number of carbonyl (C=O) groups is 1. The molecule has 0 saturated carbocycles. The minimum Gasteiger partial charge on any atom is -0.394 e. The van der Waals surface area contributed by atoms with Crippen molar-refractivity contribution >= 4 is 5.91 Å². The Morgan fingerprint density at radius 1 is 0.455 bits per heavy atom. The number of aliphatic hydroxyl groups is 7. The SMILES string of the molecule is CCCCC/C=C\C=C/CCCCCCCCCCCC(O)C(=O)NC(COC1OC(CO)C(O)C(O)C1O)C(O)C(O)CCC/C=C/CC/C=C/CCCCCCCCCCCCCCCCCCCCCCCCC. The van der Waals surface area contributed by atoms with E-state index in [1.807, 2.05) is 0 Å². The fourth-order valence-corrected chi connectivity index (χ4v) is 10.3. The zero-order valence-corrected chi connectivity index (χ0v) is 49.7. The second kappa shape index (κ2) is 54.6. The van der Waals surface area contributed by atoms with Crippen molar-refractivity contribution in [3.8, 4) is 0 Å². The molecule has 1 rings (SSSR count). The van der Waals surface area contributed by atoms with Gasteiger partial charge in [0.25, 0.3) is 0 Å². The van der Waals surface area contributed by atoms with E-state index in [0.717, 1.165) is 51.4 Å². The number of aliphatic hydroxyl groups excluding tert-OH is 7. The fraction of sp³-hybridized carbons (Fsp3) is 0.864. The van der Waals surface area contributed by atoms with Crippen LogP contribution in [0.5, 0.6) is 0 Å². The van der Waals surface area contributed by atoms with E-state index in [-0.39, 0.29) is 12.8 Å². The molecule has 11 nitrogen and oxygen atoms in total. The minimum absolute atomic E-state index is 0.244. The Morgan fingerprint density at radius 3 is 1.26 bits per heavy atom. The number of ether oxygens (including phenoxy) is 2. The first-order valence-corrected chi connectivity index (χ1v) is 32.6. The zero-order chi connectivity index (χ0) is 56.1. The quantitative estimate of drug-likeness (QED) is 0.0165. The van der Waals surface area contributed by atoms with Crippen LogP contribution in [0.3, 0.4) is 0 Å². The Bertz CT molecular complexity index is 1390. The Hall–Kier alpha value is -1.93. The van der Waals surface area contributed by atoms with Gasteiger partial charge in [-0.2, -0.15) is 0 Å². The van der Waals surface area contributed by atoms with Gasteiger partial charge in [-0.15, -0.1) is 0 Å². The van der Waals surface area contributed by atoms with Gasteiger partial charge in [0.1, 0.15) is 36.6 Å². The molecule has 0 aromatic rings. The highest BCUT2D eigenvalue weighted by atomic mass is 16.7. The molecule has 11 heteroatoms. The Labute approximate surface area is 472 Å². The summed E-state index contributed by atoms with van der Waals surface area (Å²) in [6.45, 7) is 3.43. The first-order chi connectivity index (χ1) is 37.7. The lowest BCUT2D eigenvalue weighted by atomic mass is 9.98. The molecule has 1 heterocycles. The van der Waals surface area contributed by atoms with Crippen molar-refractivity contribution in [2.45, 2.75) is 351 Å². The third-order valence-corrected chi connectivity index (χ3v) is 15.6. The second-order valence-corrected chi connectivity index (χ2v) is 22.8. The standard InChI is InChI=1S/C66H123NO10/c1-3-5-7-9-11-13-15-17-19-21-23-24-25-26-27-28-29-30-31-32-33-34-35-36-38-39-41-43-45-47-49-51-53-58(69)61(71)57(56-76-66-64(74)63(73)62(72)60(55-68)77-66)67-65(75)59(70)54-52-50-48-46-44-42-40-37-22-20-18-16-14-12-10-8-6-4-2/h12,14,16,18,38-39,45,47,57-64,66,68-74H,3-11,13,15,17,19-37,40-44,46,48-56H2,1-2H3,(H,67,75)/b14-12-,18-16-,39-38+,47-45+. The number of nitrogens with one attached hydrogen (secondary N) is 1. The first kappa shape index (κ1) is 73.1. The van der Waals surface area contributed by atoms with Crippen molar-refractivity contribution < 1.29 is 50.0 Å². The van der Waals surface area contributed by atoms with E-state index < -0.39 is 74.2 Å². The molecular weight excluding hydrogens is 967 g/mol. The van der Waals surface area contributed by atoms with E-state index in [2.05, 4.69) is 67.8 Å². The highest BCUT2D eigenvalue weighted by Gasteiger charge is 2.44. The molecule has 452 valence electrons. The summed E-state index contributed by atoms with van der Waals surface area (Å²) in [5, 5.41) is 76.2. The van der Waals surface area contributed by atoms with Gasteiger partial charge >= 0.3 is 0 Å². The van der Waals surface area contributed by atoms with Gasteiger partial charge in [-0.05, 0) is 77.0 Å².